The molecule has 0 atom stereocenters. The van der Waals surface area contributed by atoms with Crippen LogP contribution in [0.15, 0.2) is 36.4 Å². The minimum atomic E-state index is -1.57. The van der Waals surface area contributed by atoms with E-state index >= 15 is 0 Å². The lowest BCUT2D eigenvalue weighted by molar-refractivity contribution is -0.134. The van der Waals surface area contributed by atoms with Gasteiger partial charge in [-0.15, -0.1) is 0 Å². The molecule has 0 saturated carbocycles. The Morgan fingerprint density at radius 2 is 1.48 bits per heavy atom. The van der Waals surface area contributed by atoms with Gasteiger partial charge in [-0.25, -0.2) is 4.79 Å². The Morgan fingerprint density at radius 1 is 1.00 bits per heavy atom. The summed E-state index contributed by atoms with van der Waals surface area (Å²) in [6, 6.07) is 9.08. The molecule has 1 rings (SSSR count). The van der Waals surface area contributed by atoms with E-state index in [0.717, 1.165) is 6.42 Å². The average Bonchev–Trinajstić information content (AvgIpc) is 2.48. The van der Waals surface area contributed by atoms with Gasteiger partial charge in [0, 0.05) is 6.08 Å². The smallest absolute Gasteiger partial charge is 0.330 e. The fourth-order valence-corrected chi connectivity index (χ4v) is 11.0. The van der Waals surface area contributed by atoms with Crippen LogP contribution in [0, 0.1) is 0 Å². The molecular weight excluding hydrogens is 300 g/mol. The van der Waals surface area contributed by atoms with Gasteiger partial charge < -0.3 is 4.74 Å². The van der Waals surface area contributed by atoms with Crippen LogP contribution >= 0.6 is 0 Å². The maximum atomic E-state index is 11.1. The maximum absolute atomic E-state index is 11.1. The zero-order valence-electron chi connectivity index (χ0n) is 15.7. The molecule has 0 bridgehead atoms. The molecule has 0 saturated heterocycles. The van der Waals surface area contributed by atoms with E-state index in [4.69, 9.17) is 0 Å². The summed E-state index contributed by atoms with van der Waals surface area (Å²) in [5, 5.41) is 1.55. The number of ether oxygens (including phenoxy) is 1. The zero-order chi connectivity index (χ0) is 17.6. The molecule has 1 aromatic carbocycles. The lowest BCUT2D eigenvalue weighted by atomic mass is 10.1. The summed E-state index contributed by atoms with van der Waals surface area (Å²) >= 11 is 0. The largest absolute Gasteiger partial charge is 0.466 e. The van der Waals surface area contributed by atoms with Crippen LogP contribution in [-0.4, -0.2) is 21.2 Å². The van der Waals surface area contributed by atoms with E-state index in [9.17, 15) is 4.79 Å². The molecule has 0 aliphatic carbocycles. The van der Waals surface area contributed by atoms with Gasteiger partial charge in [0.1, 0.15) is 0 Å². The number of carbonyl (C=O) groups excluding carboxylic acids is 1. The average molecular weight is 333 g/mol. The Balaban J connectivity index is 3.05. The fraction of sp³-hybridized carbons (Fsp3) is 0.550. The second-order valence-corrected chi connectivity index (χ2v) is 13.1. The summed E-state index contributed by atoms with van der Waals surface area (Å²) in [5.74, 6) is -0.299. The number of rotatable bonds is 7. The summed E-state index contributed by atoms with van der Waals surface area (Å²) in [6.07, 6.45) is 4.11. The van der Waals surface area contributed by atoms with E-state index in [-0.39, 0.29) is 5.97 Å². The van der Waals surface area contributed by atoms with Crippen molar-refractivity contribution in [3.05, 3.63) is 42.0 Å². The van der Waals surface area contributed by atoms with Crippen molar-refractivity contribution in [3.8, 4) is 0 Å². The van der Waals surface area contributed by atoms with E-state index < -0.39 is 8.07 Å². The first kappa shape index (κ1) is 19.7. The van der Waals surface area contributed by atoms with Gasteiger partial charge in [0.2, 0.25) is 0 Å². The lowest BCUT2D eigenvalue weighted by Crippen LogP contribution is -2.55. The molecule has 0 spiro atoms. The number of hydrogen-bond donors (Lipinski definition) is 0. The highest BCUT2D eigenvalue weighted by Gasteiger charge is 2.43. The van der Waals surface area contributed by atoms with Crippen molar-refractivity contribution < 1.29 is 9.53 Å². The summed E-state index contributed by atoms with van der Waals surface area (Å²) in [4.78, 5) is 11.1. The summed E-state index contributed by atoms with van der Waals surface area (Å²) < 4.78 is 4.61. The molecule has 0 radical (unpaired) electrons. The Labute approximate surface area is 143 Å². The number of hydrogen-bond acceptors (Lipinski definition) is 2. The zero-order valence-corrected chi connectivity index (χ0v) is 16.7. The Hall–Kier alpha value is -1.35. The molecule has 2 nitrogen and oxygen atoms in total. The molecule has 0 fully saturated rings. The van der Waals surface area contributed by atoms with Gasteiger partial charge in [-0.2, -0.15) is 0 Å². The third-order valence-corrected chi connectivity index (χ3v) is 12.2. The van der Waals surface area contributed by atoms with Gasteiger partial charge in [0.15, 0.2) is 0 Å². The van der Waals surface area contributed by atoms with Gasteiger partial charge in [-0.05, 0) is 28.6 Å². The van der Waals surface area contributed by atoms with E-state index in [2.05, 4.69) is 70.5 Å². The van der Waals surface area contributed by atoms with Crippen molar-refractivity contribution >= 4 is 19.2 Å². The fourth-order valence-electron chi connectivity index (χ4n) is 4.29. The quantitative estimate of drug-likeness (QED) is 0.405. The Kier molecular flexibility index (Phi) is 7.27. The number of benzene rings is 1. The third-order valence-electron chi connectivity index (χ3n) is 5.13. The monoisotopic (exact) mass is 332 g/mol. The van der Waals surface area contributed by atoms with Crippen LogP contribution in [0.25, 0.3) is 0 Å². The summed E-state index contributed by atoms with van der Waals surface area (Å²) in [7, 11) is -0.175. The highest BCUT2D eigenvalue weighted by molar-refractivity contribution is 6.95. The van der Waals surface area contributed by atoms with Crippen LogP contribution in [0.2, 0.25) is 16.6 Å². The molecule has 0 unspecified atom stereocenters. The Bertz CT molecular complexity index is 505. The van der Waals surface area contributed by atoms with Crippen molar-refractivity contribution in [1.82, 2.24) is 0 Å². The topological polar surface area (TPSA) is 26.3 Å². The van der Waals surface area contributed by atoms with E-state index in [1.807, 2.05) is 6.08 Å². The molecule has 0 aliphatic rings. The van der Waals surface area contributed by atoms with E-state index in [1.165, 1.54) is 18.7 Å². The summed E-state index contributed by atoms with van der Waals surface area (Å²) in [5.41, 5.74) is 3.38. The standard InChI is InChI=1S/C20H32O2Si/c1-15(2)23(16(3)4,17(5)6)19-13-11-18(12-14-19)9-8-10-20(21)22-7/h8,10-17H,9H2,1-7H3/b10-8+. The number of allylic oxidation sites excluding steroid dienone is 1. The molecule has 3 heteroatoms. The van der Waals surface area contributed by atoms with Crippen LogP contribution in [0.5, 0.6) is 0 Å². The highest BCUT2D eigenvalue weighted by atomic mass is 28.3. The van der Waals surface area contributed by atoms with Crippen molar-refractivity contribution in [2.24, 2.45) is 0 Å². The van der Waals surface area contributed by atoms with Crippen LogP contribution < -0.4 is 5.19 Å². The molecule has 0 aromatic heterocycles. The van der Waals surface area contributed by atoms with Crippen molar-refractivity contribution in [3.63, 3.8) is 0 Å². The molecular formula is C20H32O2Si. The van der Waals surface area contributed by atoms with Gasteiger partial charge in [-0.1, -0.05) is 77.1 Å². The molecule has 1 aromatic rings. The predicted octanol–water partition coefficient (Wildman–Crippen LogP) is 4.84. The lowest BCUT2D eigenvalue weighted by Gasteiger charge is -2.43. The van der Waals surface area contributed by atoms with Crippen LogP contribution in [0.1, 0.15) is 47.1 Å². The minimum absolute atomic E-state index is 0.299. The molecule has 0 amide bonds. The summed E-state index contributed by atoms with van der Waals surface area (Å²) in [6.45, 7) is 14.3. The molecule has 0 N–H and O–H groups in total. The molecule has 0 heterocycles. The molecule has 128 valence electrons. The maximum Gasteiger partial charge on any atom is 0.330 e. The Morgan fingerprint density at radius 3 is 1.87 bits per heavy atom. The normalized spacial score (nSPS) is 12.6. The van der Waals surface area contributed by atoms with Gasteiger partial charge in [0.05, 0.1) is 15.2 Å². The third kappa shape index (κ3) is 4.35. The first-order chi connectivity index (χ1) is 10.8. The number of esters is 1. The highest BCUT2D eigenvalue weighted by Crippen LogP contribution is 2.40. The minimum Gasteiger partial charge on any atom is -0.466 e. The second kappa shape index (κ2) is 8.49. The van der Waals surface area contributed by atoms with E-state index in [1.54, 1.807) is 5.19 Å². The number of carbonyl (C=O) groups is 1. The SMILES string of the molecule is COC(=O)/C=C/Cc1ccc([Si](C(C)C)(C(C)C)C(C)C)cc1. The van der Waals surface area contributed by atoms with Crippen LogP contribution in [0.4, 0.5) is 0 Å². The molecule has 0 aliphatic heterocycles. The first-order valence-corrected chi connectivity index (χ1v) is 10.8. The van der Waals surface area contributed by atoms with Gasteiger partial charge in [0.25, 0.3) is 0 Å². The van der Waals surface area contributed by atoms with Crippen molar-refractivity contribution in [2.75, 3.05) is 7.11 Å². The first-order valence-electron chi connectivity index (χ1n) is 8.60. The van der Waals surface area contributed by atoms with Crippen LogP contribution in [-0.2, 0) is 16.0 Å². The van der Waals surface area contributed by atoms with Gasteiger partial charge >= 0.3 is 5.97 Å². The van der Waals surface area contributed by atoms with Crippen molar-refractivity contribution in [1.29, 1.82) is 0 Å². The second-order valence-electron chi connectivity index (χ2n) is 7.22. The van der Waals surface area contributed by atoms with Gasteiger partial charge in [-0.3, -0.25) is 0 Å². The van der Waals surface area contributed by atoms with E-state index in [0.29, 0.717) is 16.6 Å². The van der Waals surface area contributed by atoms with Crippen LogP contribution in [0.3, 0.4) is 0 Å². The molecule has 23 heavy (non-hydrogen) atoms. The van der Waals surface area contributed by atoms with Crippen molar-refractivity contribution in [2.45, 2.75) is 64.6 Å². The predicted molar refractivity (Wildman–Crippen MR) is 102 cm³/mol. The number of methoxy groups -OCH3 is 1.